The molecule has 1 N–H and O–H groups in total. The van der Waals surface area contributed by atoms with E-state index in [1.165, 1.54) is 32.4 Å². The standard InChI is InChI=1S/C15H31NO/c1-5-15(17,6-2)14(12-13(3)4)16-10-8-7-9-11-16/h13-14,17H,5-12H2,1-4H3. The predicted molar refractivity (Wildman–Crippen MR) is 74.2 cm³/mol. The molecule has 0 aromatic rings. The van der Waals surface area contributed by atoms with Gasteiger partial charge in [0.2, 0.25) is 0 Å². The quantitative estimate of drug-likeness (QED) is 0.770. The van der Waals surface area contributed by atoms with E-state index in [0.29, 0.717) is 12.0 Å². The second kappa shape index (κ2) is 6.75. The van der Waals surface area contributed by atoms with Crippen LogP contribution < -0.4 is 0 Å². The number of nitrogens with zero attached hydrogens (tertiary/aromatic N) is 1. The molecule has 1 rings (SSSR count). The van der Waals surface area contributed by atoms with E-state index in [1.54, 1.807) is 0 Å². The molecule has 102 valence electrons. The van der Waals surface area contributed by atoms with Crippen molar-refractivity contribution in [1.29, 1.82) is 0 Å². The van der Waals surface area contributed by atoms with Gasteiger partial charge in [-0.25, -0.2) is 0 Å². The van der Waals surface area contributed by atoms with Crippen LogP contribution in [0.15, 0.2) is 0 Å². The molecule has 0 spiro atoms. The fourth-order valence-electron chi connectivity index (χ4n) is 3.11. The van der Waals surface area contributed by atoms with Crippen LogP contribution in [0.2, 0.25) is 0 Å². The smallest absolute Gasteiger partial charge is 0.0797 e. The zero-order chi connectivity index (χ0) is 12.9. The van der Waals surface area contributed by atoms with Gasteiger partial charge in [-0.1, -0.05) is 34.1 Å². The van der Waals surface area contributed by atoms with Crippen molar-refractivity contribution < 1.29 is 5.11 Å². The second-order valence-corrected chi connectivity index (χ2v) is 6.05. The molecule has 1 aliphatic rings. The van der Waals surface area contributed by atoms with Gasteiger partial charge in [0.25, 0.3) is 0 Å². The molecule has 0 saturated carbocycles. The molecule has 0 radical (unpaired) electrons. The van der Waals surface area contributed by atoms with Gasteiger partial charge in [-0.15, -0.1) is 0 Å². The summed E-state index contributed by atoms with van der Waals surface area (Å²) in [4.78, 5) is 2.55. The van der Waals surface area contributed by atoms with Crippen LogP contribution in [-0.4, -0.2) is 34.7 Å². The minimum absolute atomic E-state index is 0.359. The third-order valence-corrected chi connectivity index (χ3v) is 4.37. The van der Waals surface area contributed by atoms with Crippen molar-refractivity contribution in [2.24, 2.45) is 5.92 Å². The van der Waals surface area contributed by atoms with E-state index in [-0.39, 0.29) is 0 Å². The summed E-state index contributed by atoms with van der Waals surface area (Å²) in [5.74, 6) is 0.659. The maximum Gasteiger partial charge on any atom is 0.0797 e. The molecule has 0 aliphatic carbocycles. The number of hydrogen-bond acceptors (Lipinski definition) is 2. The highest BCUT2D eigenvalue weighted by Gasteiger charge is 2.37. The molecule has 1 saturated heterocycles. The number of rotatable bonds is 6. The highest BCUT2D eigenvalue weighted by Crippen LogP contribution is 2.30. The monoisotopic (exact) mass is 241 g/mol. The maximum atomic E-state index is 10.8. The van der Waals surface area contributed by atoms with Gasteiger partial charge in [-0.05, 0) is 51.1 Å². The molecule has 1 unspecified atom stereocenters. The first-order valence-corrected chi connectivity index (χ1v) is 7.50. The van der Waals surface area contributed by atoms with Crippen molar-refractivity contribution in [1.82, 2.24) is 4.90 Å². The van der Waals surface area contributed by atoms with E-state index < -0.39 is 5.60 Å². The zero-order valence-corrected chi connectivity index (χ0v) is 12.2. The zero-order valence-electron chi connectivity index (χ0n) is 12.2. The van der Waals surface area contributed by atoms with Crippen molar-refractivity contribution >= 4 is 0 Å². The van der Waals surface area contributed by atoms with Crippen LogP contribution >= 0.6 is 0 Å². The Morgan fingerprint density at radius 1 is 1.06 bits per heavy atom. The summed E-state index contributed by atoms with van der Waals surface area (Å²) < 4.78 is 0. The van der Waals surface area contributed by atoms with Gasteiger partial charge >= 0.3 is 0 Å². The normalized spacial score (nSPS) is 20.8. The van der Waals surface area contributed by atoms with Gasteiger partial charge < -0.3 is 5.11 Å². The summed E-state index contributed by atoms with van der Waals surface area (Å²) >= 11 is 0. The van der Waals surface area contributed by atoms with Crippen LogP contribution in [0.1, 0.15) is 66.2 Å². The summed E-state index contributed by atoms with van der Waals surface area (Å²) in [6, 6.07) is 0.359. The first kappa shape index (κ1) is 15.0. The molecule has 2 heteroatoms. The van der Waals surface area contributed by atoms with Gasteiger partial charge in [-0.3, -0.25) is 4.90 Å². The van der Waals surface area contributed by atoms with Gasteiger partial charge in [-0.2, -0.15) is 0 Å². The van der Waals surface area contributed by atoms with E-state index in [0.717, 1.165) is 19.3 Å². The number of aliphatic hydroxyl groups is 1. The first-order valence-electron chi connectivity index (χ1n) is 7.50. The molecule has 0 bridgehead atoms. The largest absolute Gasteiger partial charge is 0.388 e. The fraction of sp³-hybridized carbons (Fsp3) is 1.00. The van der Waals surface area contributed by atoms with Crippen LogP contribution in [0.5, 0.6) is 0 Å². The van der Waals surface area contributed by atoms with E-state index in [4.69, 9.17) is 0 Å². The Labute approximate surface area is 107 Å². The Morgan fingerprint density at radius 3 is 2.00 bits per heavy atom. The molecule has 1 heterocycles. The van der Waals surface area contributed by atoms with E-state index in [1.807, 2.05) is 0 Å². The molecule has 1 aliphatic heterocycles. The lowest BCUT2D eigenvalue weighted by Gasteiger charge is -2.44. The van der Waals surface area contributed by atoms with Crippen LogP contribution in [0.4, 0.5) is 0 Å². The van der Waals surface area contributed by atoms with Crippen molar-refractivity contribution in [2.75, 3.05) is 13.1 Å². The van der Waals surface area contributed by atoms with Crippen LogP contribution in [0.25, 0.3) is 0 Å². The summed E-state index contributed by atoms with van der Waals surface area (Å²) in [7, 11) is 0. The van der Waals surface area contributed by atoms with Gasteiger partial charge in [0.15, 0.2) is 0 Å². The topological polar surface area (TPSA) is 23.5 Å². The molecule has 2 nitrogen and oxygen atoms in total. The Bertz CT molecular complexity index is 205. The second-order valence-electron chi connectivity index (χ2n) is 6.05. The lowest BCUT2D eigenvalue weighted by atomic mass is 9.82. The number of likely N-dealkylation sites (tertiary alicyclic amines) is 1. The van der Waals surface area contributed by atoms with E-state index in [9.17, 15) is 5.11 Å². The van der Waals surface area contributed by atoms with E-state index >= 15 is 0 Å². The van der Waals surface area contributed by atoms with Crippen LogP contribution in [-0.2, 0) is 0 Å². The average Bonchev–Trinajstić information content (AvgIpc) is 2.36. The SMILES string of the molecule is CCC(O)(CC)C(CC(C)C)N1CCCCC1. The lowest BCUT2D eigenvalue weighted by Crippen LogP contribution is -2.54. The highest BCUT2D eigenvalue weighted by molar-refractivity contribution is 4.92. The van der Waals surface area contributed by atoms with Crippen molar-refractivity contribution in [2.45, 2.75) is 77.9 Å². The van der Waals surface area contributed by atoms with Crippen molar-refractivity contribution in [3.63, 3.8) is 0 Å². The summed E-state index contributed by atoms with van der Waals surface area (Å²) in [5, 5.41) is 10.8. The molecule has 1 fully saturated rings. The minimum atomic E-state index is -0.485. The number of hydrogen-bond donors (Lipinski definition) is 1. The Balaban J connectivity index is 2.77. The third kappa shape index (κ3) is 3.96. The number of piperidine rings is 1. The highest BCUT2D eigenvalue weighted by atomic mass is 16.3. The first-order chi connectivity index (χ1) is 8.03. The molecular formula is C15H31NO. The average molecular weight is 241 g/mol. The maximum absolute atomic E-state index is 10.8. The molecule has 17 heavy (non-hydrogen) atoms. The summed E-state index contributed by atoms with van der Waals surface area (Å²) in [5.41, 5.74) is -0.485. The van der Waals surface area contributed by atoms with Gasteiger partial charge in [0.05, 0.1) is 5.60 Å². The molecule has 0 amide bonds. The summed E-state index contributed by atoms with van der Waals surface area (Å²) in [6.07, 6.45) is 6.84. The Kier molecular flexibility index (Phi) is 5.94. The van der Waals surface area contributed by atoms with Crippen molar-refractivity contribution in [3.8, 4) is 0 Å². The molecular weight excluding hydrogens is 210 g/mol. The van der Waals surface area contributed by atoms with Gasteiger partial charge in [0.1, 0.15) is 0 Å². The summed E-state index contributed by atoms with van der Waals surface area (Å²) in [6.45, 7) is 11.1. The molecule has 0 aromatic heterocycles. The Hall–Kier alpha value is -0.0800. The van der Waals surface area contributed by atoms with Crippen LogP contribution in [0.3, 0.4) is 0 Å². The third-order valence-electron chi connectivity index (χ3n) is 4.37. The van der Waals surface area contributed by atoms with Gasteiger partial charge in [0, 0.05) is 6.04 Å². The molecule has 0 aromatic carbocycles. The lowest BCUT2D eigenvalue weighted by molar-refractivity contribution is -0.0660. The minimum Gasteiger partial charge on any atom is -0.388 e. The predicted octanol–water partition coefficient (Wildman–Crippen LogP) is 3.44. The van der Waals surface area contributed by atoms with Crippen molar-refractivity contribution in [3.05, 3.63) is 0 Å². The molecule has 1 atom stereocenters. The fourth-order valence-corrected chi connectivity index (χ4v) is 3.11. The van der Waals surface area contributed by atoms with Crippen LogP contribution in [0, 0.1) is 5.92 Å². The Morgan fingerprint density at radius 2 is 1.59 bits per heavy atom. The van der Waals surface area contributed by atoms with E-state index in [2.05, 4.69) is 32.6 Å².